The lowest BCUT2D eigenvalue weighted by Gasteiger charge is -2.16. The first-order valence-electron chi connectivity index (χ1n) is 6.06. The Morgan fingerprint density at radius 2 is 1.81 bits per heavy atom. The molecule has 1 rings (SSSR count). The van der Waals surface area contributed by atoms with Crippen molar-refractivity contribution in [3.63, 3.8) is 0 Å². The van der Waals surface area contributed by atoms with Crippen molar-refractivity contribution < 1.29 is 0 Å². The normalized spacial score (nSPS) is 14.8. The Hall–Kier alpha value is -0.470. The van der Waals surface area contributed by atoms with Crippen LogP contribution in [0.4, 0.5) is 0 Å². The van der Waals surface area contributed by atoms with E-state index in [0.717, 1.165) is 6.42 Å². The number of hydrogen-bond donors (Lipinski definition) is 1. The fourth-order valence-corrected chi connectivity index (χ4v) is 2.35. The fourth-order valence-electron chi connectivity index (χ4n) is 1.95. The zero-order valence-electron chi connectivity index (χ0n) is 10.6. The molecule has 0 fully saturated rings. The summed E-state index contributed by atoms with van der Waals surface area (Å²) in [4.78, 5) is 1.34. The second kappa shape index (κ2) is 6.97. The maximum atomic E-state index is 5.82. The molecule has 0 spiro atoms. The predicted octanol–water partition coefficient (Wildman–Crippen LogP) is 4.03. The van der Waals surface area contributed by atoms with E-state index in [-0.39, 0.29) is 0 Å². The van der Waals surface area contributed by atoms with Gasteiger partial charge < -0.3 is 5.73 Å². The lowest BCUT2D eigenvalue weighted by molar-refractivity contribution is 0.532. The van der Waals surface area contributed by atoms with E-state index in [2.05, 4.69) is 44.4 Å². The van der Waals surface area contributed by atoms with Gasteiger partial charge in [0.15, 0.2) is 0 Å². The largest absolute Gasteiger partial charge is 0.328 e. The molecule has 0 bridgehead atoms. The Bertz CT molecular complexity index is 292. The van der Waals surface area contributed by atoms with Crippen molar-refractivity contribution in [3.05, 3.63) is 29.8 Å². The smallest absolute Gasteiger partial charge is 0.00693 e. The van der Waals surface area contributed by atoms with Crippen LogP contribution in [0, 0.1) is 0 Å². The van der Waals surface area contributed by atoms with Crippen LogP contribution in [0.5, 0.6) is 0 Å². The second-order valence-corrected chi connectivity index (χ2v) is 5.31. The van der Waals surface area contributed by atoms with Gasteiger partial charge in [-0.25, -0.2) is 0 Å². The molecule has 0 saturated heterocycles. The first-order valence-corrected chi connectivity index (χ1v) is 7.29. The van der Waals surface area contributed by atoms with Crippen molar-refractivity contribution in [2.75, 3.05) is 6.26 Å². The molecule has 0 heterocycles. The molecular weight excluding hydrogens is 214 g/mol. The lowest BCUT2D eigenvalue weighted by Crippen LogP contribution is -2.15. The van der Waals surface area contributed by atoms with Crippen molar-refractivity contribution in [3.8, 4) is 0 Å². The molecule has 2 atom stereocenters. The first-order chi connectivity index (χ1) is 7.67. The predicted molar refractivity (Wildman–Crippen MR) is 74.1 cm³/mol. The average molecular weight is 237 g/mol. The molecule has 2 heteroatoms. The first kappa shape index (κ1) is 13.6. The van der Waals surface area contributed by atoms with Crippen LogP contribution in [-0.2, 0) is 0 Å². The third-order valence-corrected chi connectivity index (χ3v) is 3.79. The van der Waals surface area contributed by atoms with E-state index in [0.29, 0.717) is 12.0 Å². The SMILES string of the molecule is CCC(CCC(C)N)c1ccc(SC)cc1. The van der Waals surface area contributed by atoms with Crippen molar-refractivity contribution in [2.45, 2.75) is 50.0 Å². The highest BCUT2D eigenvalue weighted by Gasteiger charge is 2.09. The topological polar surface area (TPSA) is 26.0 Å². The van der Waals surface area contributed by atoms with Gasteiger partial charge in [0.25, 0.3) is 0 Å². The molecule has 0 aliphatic heterocycles. The average Bonchev–Trinajstić information content (AvgIpc) is 2.30. The molecule has 90 valence electrons. The van der Waals surface area contributed by atoms with Crippen LogP contribution in [0.25, 0.3) is 0 Å². The van der Waals surface area contributed by atoms with Gasteiger partial charge in [-0.3, -0.25) is 0 Å². The highest BCUT2D eigenvalue weighted by molar-refractivity contribution is 7.98. The summed E-state index contributed by atoms with van der Waals surface area (Å²) in [6.07, 6.45) is 5.63. The Morgan fingerprint density at radius 3 is 2.25 bits per heavy atom. The molecular formula is C14H23NS. The van der Waals surface area contributed by atoms with Gasteiger partial charge in [-0.15, -0.1) is 11.8 Å². The molecule has 2 unspecified atom stereocenters. The Balaban J connectivity index is 2.63. The molecule has 0 aromatic heterocycles. The molecule has 1 aromatic rings. The minimum absolute atomic E-state index is 0.319. The van der Waals surface area contributed by atoms with Crippen LogP contribution in [0.2, 0.25) is 0 Å². The summed E-state index contributed by atoms with van der Waals surface area (Å²) in [6.45, 7) is 4.35. The summed E-state index contributed by atoms with van der Waals surface area (Å²) in [5.41, 5.74) is 7.28. The highest BCUT2D eigenvalue weighted by atomic mass is 32.2. The van der Waals surface area contributed by atoms with Crippen LogP contribution in [-0.4, -0.2) is 12.3 Å². The summed E-state index contributed by atoms with van der Waals surface area (Å²) in [7, 11) is 0. The van der Waals surface area contributed by atoms with Crippen molar-refractivity contribution >= 4 is 11.8 Å². The minimum atomic E-state index is 0.319. The highest BCUT2D eigenvalue weighted by Crippen LogP contribution is 2.26. The van der Waals surface area contributed by atoms with Crippen LogP contribution >= 0.6 is 11.8 Å². The number of nitrogens with two attached hydrogens (primary N) is 1. The number of hydrogen-bond acceptors (Lipinski definition) is 2. The monoisotopic (exact) mass is 237 g/mol. The van der Waals surface area contributed by atoms with Gasteiger partial charge in [-0.2, -0.15) is 0 Å². The minimum Gasteiger partial charge on any atom is -0.328 e. The van der Waals surface area contributed by atoms with E-state index >= 15 is 0 Å². The van der Waals surface area contributed by atoms with Gasteiger partial charge in [0.1, 0.15) is 0 Å². The summed E-state index contributed by atoms with van der Waals surface area (Å²) < 4.78 is 0. The molecule has 0 saturated carbocycles. The molecule has 16 heavy (non-hydrogen) atoms. The summed E-state index contributed by atoms with van der Waals surface area (Å²) in [5, 5.41) is 0. The van der Waals surface area contributed by atoms with E-state index in [1.807, 2.05) is 0 Å². The Kier molecular flexibility index (Phi) is 5.93. The standard InChI is InChI=1S/C14H23NS/c1-4-12(6-5-11(2)15)13-7-9-14(16-3)10-8-13/h7-12H,4-6,15H2,1-3H3. The molecule has 2 N–H and O–H groups in total. The van der Waals surface area contributed by atoms with E-state index in [1.165, 1.54) is 23.3 Å². The van der Waals surface area contributed by atoms with Gasteiger partial charge in [-0.05, 0) is 56.1 Å². The van der Waals surface area contributed by atoms with Crippen molar-refractivity contribution in [2.24, 2.45) is 5.73 Å². The Morgan fingerprint density at radius 1 is 1.19 bits per heavy atom. The Labute approximate surface area is 104 Å². The maximum absolute atomic E-state index is 5.82. The van der Waals surface area contributed by atoms with Gasteiger partial charge in [0, 0.05) is 10.9 Å². The van der Waals surface area contributed by atoms with Crippen LogP contribution in [0.15, 0.2) is 29.2 Å². The number of thioether (sulfide) groups is 1. The van der Waals surface area contributed by atoms with Gasteiger partial charge >= 0.3 is 0 Å². The summed E-state index contributed by atoms with van der Waals surface area (Å²) >= 11 is 1.80. The molecule has 0 radical (unpaired) electrons. The molecule has 0 amide bonds. The quantitative estimate of drug-likeness (QED) is 0.756. The summed E-state index contributed by atoms with van der Waals surface area (Å²) in [6, 6.07) is 9.28. The lowest BCUT2D eigenvalue weighted by atomic mass is 9.91. The number of rotatable bonds is 6. The molecule has 0 aliphatic carbocycles. The van der Waals surface area contributed by atoms with E-state index in [9.17, 15) is 0 Å². The zero-order chi connectivity index (χ0) is 12.0. The second-order valence-electron chi connectivity index (χ2n) is 4.43. The molecule has 1 aromatic carbocycles. The van der Waals surface area contributed by atoms with Gasteiger partial charge in [-0.1, -0.05) is 19.1 Å². The third-order valence-electron chi connectivity index (χ3n) is 3.05. The maximum Gasteiger partial charge on any atom is 0.00693 e. The van der Waals surface area contributed by atoms with Crippen LogP contribution in [0.1, 0.15) is 44.6 Å². The zero-order valence-corrected chi connectivity index (χ0v) is 11.4. The summed E-state index contributed by atoms with van der Waals surface area (Å²) in [5.74, 6) is 0.668. The molecule has 0 aliphatic rings. The third kappa shape index (κ3) is 4.18. The van der Waals surface area contributed by atoms with Crippen LogP contribution < -0.4 is 5.73 Å². The fraction of sp³-hybridized carbons (Fsp3) is 0.571. The van der Waals surface area contributed by atoms with Gasteiger partial charge in [0.05, 0.1) is 0 Å². The molecule has 1 nitrogen and oxygen atoms in total. The van der Waals surface area contributed by atoms with Crippen molar-refractivity contribution in [1.82, 2.24) is 0 Å². The van der Waals surface area contributed by atoms with Crippen molar-refractivity contribution in [1.29, 1.82) is 0 Å². The number of benzene rings is 1. The van der Waals surface area contributed by atoms with Crippen LogP contribution in [0.3, 0.4) is 0 Å². The van der Waals surface area contributed by atoms with E-state index in [1.54, 1.807) is 11.8 Å². The van der Waals surface area contributed by atoms with E-state index in [4.69, 9.17) is 5.73 Å². The van der Waals surface area contributed by atoms with Gasteiger partial charge in [0.2, 0.25) is 0 Å². The van der Waals surface area contributed by atoms with E-state index < -0.39 is 0 Å².